The van der Waals surface area contributed by atoms with Crippen LogP contribution >= 0.6 is 23.1 Å². The number of thioether (sulfide) groups is 1. The Morgan fingerprint density at radius 2 is 2.36 bits per heavy atom. The van der Waals surface area contributed by atoms with Crippen LogP contribution in [0, 0.1) is 0 Å². The van der Waals surface area contributed by atoms with Crippen LogP contribution in [-0.4, -0.2) is 29.4 Å². The summed E-state index contributed by atoms with van der Waals surface area (Å²) >= 11 is 2.78. The molecule has 0 unspecified atom stereocenters. The van der Waals surface area contributed by atoms with Crippen molar-refractivity contribution in [2.45, 2.75) is 4.34 Å². The quantitative estimate of drug-likeness (QED) is 0.693. The minimum atomic E-state index is -0.178. The molecular weight excluding hydrogens is 182 g/mol. The lowest BCUT2D eigenvalue weighted by atomic mass is 10.6. The fourth-order valence-corrected chi connectivity index (χ4v) is 1.71. The molecular formula is C5H7N3OS2. The molecule has 1 heterocycles. The molecule has 4 nitrogen and oxygen atoms in total. The lowest BCUT2D eigenvalue weighted by Crippen LogP contribution is -2.17. The molecule has 1 aromatic rings. The molecule has 1 N–H and O–H groups in total. The van der Waals surface area contributed by atoms with Gasteiger partial charge in [0.05, 0.1) is 0 Å². The van der Waals surface area contributed by atoms with Gasteiger partial charge in [-0.1, -0.05) is 23.1 Å². The number of nitrogens with one attached hydrogen (secondary N) is 1. The first-order valence-electron chi connectivity index (χ1n) is 2.87. The molecule has 0 aliphatic rings. The van der Waals surface area contributed by atoms with Gasteiger partial charge in [0.1, 0.15) is 0 Å². The van der Waals surface area contributed by atoms with Crippen molar-refractivity contribution in [2.75, 3.05) is 13.3 Å². The zero-order chi connectivity index (χ0) is 8.27. The van der Waals surface area contributed by atoms with Crippen molar-refractivity contribution in [1.82, 2.24) is 15.5 Å². The predicted octanol–water partition coefficient (Wildman–Crippen LogP) is 0.620. The Morgan fingerprint density at radius 3 is 2.82 bits per heavy atom. The maximum absolute atomic E-state index is 10.9. The maximum atomic E-state index is 10.9. The van der Waals surface area contributed by atoms with Crippen molar-refractivity contribution in [3.05, 3.63) is 5.01 Å². The Labute approximate surface area is 72.4 Å². The van der Waals surface area contributed by atoms with Crippen LogP contribution in [0.15, 0.2) is 4.34 Å². The van der Waals surface area contributed by atoms with Crippen LogP contribution in [0.2, 0.25) is 0 Å². The van der Waals surface area contributed by atoms with Crippen molar-refractivity contribution >= 4 is 29.0 Å². The van der Waals surface area contributed by atoms with Crippen molar-refractivity contribution in [3.8, 4) is 0 Å². The molecule has 0 aromatic carbocycles. The number of hydrogen-bond donors (Lipinski definition) is 1. The molecule has 0 spiro atoms. The van der Waals surface area contributed by atoms with E-state index in [9.17, 15) is 4.79 Å². The van der Waals surface area contributed by atoms with Gasteiger partial charge in [-0.15, -0.1) is 10.2 Å². The van der Waals surface area contributed by atoms with Crippen LogP contribution in [0.4, 0.5) is 0 Å². The van der Waals surface area contributed by atoms with Crippen LogP contribution in [0.25, 0.3) is 0 Å². The Hall–Kier alpha value is -0.620. The van der Waals surface area contributed by atoms with Gasteiger partial charge in [0, 0.05) is 7.05 Å². The minimum Gasteiger partial charge on any atom is -0.353 e. The summed E-state index contributed by atoms with van der Waals surface area (Å²) in [4.78, 5) is 10.9. The van der Waals surface area contributed by atoms with Gasteiger partial charge in [-0.05, 0) is 6.26 Å². The number of carbonyl (C=O) groups is 1. The summed E-state index contributed by atoms with van der Waals surface area (Å²) in [6.07, 6.45) is 1.90. The summed E-state index contributed by atoms with van der Waals surface area (Å²) in [5, 5.41) is 10.4. The second kappa shape index (κ2) is 3.68. The summed E-state index contributed by atoms with van der Waals surface area (Å²) in [6, 6.07) is 0. The fraction of sp³-hybridized carbons (Fsp3) is 0.400. The average molecular weight is 189 g/mol. The molecule has 0 aliphatic carbocycles. The first-order chi connectivity index (χ1) is 5.27. The van der Waals surface area contributed by atoms with Gasteiger partial charge < -0.3 is 5.32 Å². The molecule has 0 atom stereocenters. The molecule has 6 heteroatoms. The van der Waals surface area contributed by atoms with Gasteiger partial charge in [-0.2, -0.15) is 0 Å². The molecule has 1 aromatic heterocycles. The van der Waals surface area contributed by atoms with Crippen LogP contribution in [0.5, 0.6) is 0 Å². The number of rotatable bonds is 2. The van der Waals surface area contributed by atoms with Crippen molar-refractivity contribution in [1.29, 1.82) is 0 Å². The second-order valence-corrected chi connectivity index (χ2v) is 3.69. The third-order valence-electron chi connectivity index (χ3n) is 1.00. The molecule has 0 saturated heterocycles. The lowest BCUT2D eigenvalue weighted by molar-refractivity contribution is 0.0962. The zero-order valence-corrected chi connectivity index (χ0v) is 7.75. The van der Waals surface area contributed by atoms with Gasteiger partial charge >= 0.3 is 0 Å². The van der Waals surface area contributed by atoms with E-state index >= 15 is 0 Å². The molecule has 0 saturated carbocycles. The summed E-state index contributed by atoms with van der Waals surface area (Å²) in [6.45, 7) is 0. The fourth-order valence-electron chi connectivity index (χ4n) is 0.491. The first kappa shape index (κ1) is 8.48. The van der Waals surface area contributed by atoms with E-state index in [1.807, 2.05) is 6.26 Å². The molecule has 1 amide bonds. The molecule has 0 fully saturated rings. The van der Waals surface area contributed by atoms with E-state index in [0.29, 0.717) is 5.01 Å². The van der Waals surface area contributed by atoms with E-state index in [-0.39, 0.29) is 5.91 Å². The first-order valence-corrected chi connectivity index (χ1v) is 4.91. The Kier molecular flexibility index (Phi) is 2.84. The molecule has 0 radical (unpaired) electrons. The maximum Gasteiger partial charge on any atom is 0.282 e. The highest BCUT2D eigenvalue weighted by atomic mass is 32.2. The van der Waals surface area contributed by atoms with E-state index in [4.69, 9.17) is 0 Å². The third-order valence-corrected chi connectivity index (χ3v) is 2.90. The van der Waals surface area contributed by atoms with Gasteiger partial charge in [-0.25, -0.2) is 0 Å². The number of nitrogens with zero attached hydrogens (tertiary/aromatic N) is 2. The number of amides is 1. The van der Waals surface area contributed by atoms with Gasteiger partial charge in [0.2, 0.25) is 5.01 Å². The van der Waals surface area contributed by atoms with E-state index in [1.54, 1.807) is 7.05 Å². The normalized spacial score (nSPS) is 9.64. The van der Waals surface area contributed by atoms with Gasteiger partial charge in [-0.3, -0.25) is 4.79 Å². The summed E-state index contributed by atoms with van der Waals surface area (Å²) in [5.41, 5.74) is 0. The number of carbonyl (C=O) groups excluding carboxylic acids is 1. The Balaban J connectivity index is 2.80. The molecule has 0 bridgehead atoms. The number of hydrogen-bond acceptors (Lipinski definition) is 5. The van der Waals surface area contributed by atoms with E-state index in [1.165, 1.54) is 23.1 Å². The predicted molar refractivity (Wildman–Crippen MR) is 45.1 cm³/mol. The highest BCUT2D eigenvalue weighted by Gasteiger charge is 2.09. The van der Waals surface area contributed by atoms with Crippen molar-refractivity contribution in [2.24, 2.45) is 0 Å². The minimum absolute atomic E-state index is 0.178. The monoisotopic (exact) mass is 189 g/mol. The van der Waals surface area contributed by atoms with Gasteiger partial charge in [0.15, 0.2) is 4.34 Å². The standard InChI is InChI=1S/C5H7N3OS2/c1-6-3(9)4-7-8-5(10-2)11-4/h1-2H3,(H,6,9). The zero-order valence-electron chi connectivity index (χ0n) is 6.12. The average Bonchev–Trinajstić information content (AvgIpc) is 2.50. The Bertz CT molecular complexity index is 260. The molecule has 1 rings (SSSR count). The van der Waals surface area contributed by atoms with E-state index in [0.717, 1.165) is 4.34 Å². The molecule has 60 valence electrons. The summed E-state index contributed by atoms with van der Waals surface area (Å²) in [5.74, 6) is -0.178. The molecule has 11 heavy (non-hydrogen) atoms. The van der Waals surface area contributed by atoms with Gasteiger partial charge in [0.25, 0.3) is 5.91 Å². The second-order valence-electron chi connectivity index (χ2n) is 1.66. The van der Waals surface area contributed by atoms with Crippen LogP contribution < -0.4 is 5.32 Å². The van der Waals surface area contributed by atoms with Crippen LogP contribution in [0.1, 0.15) is 9.80 Å². The van der Waals surface area contributed by atoms with Crippen LogP contribution in [-0.2, 0) is 0 Å². The third kappa shape index (κ3) is 1.90. The Morgan fingerprint density at radius 1 is 1.64 bits per heavy atom. The SMILES string of the molecule is CNC(=O)c1nnc(SC)s1. The largest absolute Gasteiger partial charge is 0.353 e. The topological polar surface area (TPSA) is 54.9 Å². The van der Waals surface area contributed by atoms with E-state index in [2.05, 4.69) is 15.5 Å². The summed E-state index contributed by atoms with van der Waals surface area (Å²) in [7, 11) is 1.57. The smallest absolute Gasteiger partial charge is 0.282 e. The highest BCUT2D eigenvalue weighted by molar-refractivity contribution is 8.00. The van der Waals surface area contributed by atoms with E-state index < -0.39 is 0 Å². The van der Waals surface area contributed by atoms with Crippen molar-refractivity contribution < 1.29 is 4.79 Å². The van der Waals surface area contributed by atoms with Crippen molar-refractivity contribution in [3.63, 3.8) is 0 Å². The lowest BCUT2D eigenvalue weighted by Gasteiger charge is -1.88. The summed E-state index contributed by atoms with van der Waals surface area (Å²) < 4.78 is 0.809. The highest BCUT2D eigenvalue weighted by Crippen LogP contribution is 2.18. The molecule has 0 aliphatic heterocycles. The number of aromatic nitrogens is 2. The van der Waals surface area contributed by atoms with Crippen LogP contribution in [0.3, 0.4) is 0 Å².